The van der Waals surface area contributed by atoms with Crippen LogP contribution in [-0.4, -0.2) is 22.0 Å². The lowest BCUT2D eigenvalue weighted by Gasteiger charge is -2.07. The van der Waals surface area contributed by atoms with Crippen molar-refractivity contribution in [1.29, 1.82) is 5.41 Å². The highest BCUT2D eigenvalue weighted by Gasteiger charge is 2.13. The van der Waals surface area contributed by atoms with E-state index < -0.39 is 0 Å². The Hall–Kier alpha value is -2.79. The fourth-order valence-corrected chi connectivity index (χ4v) is 3.17. The molecule has 0 atom stereocenters. The molecule has 0 aliphatic heterocycles. The van der Waals surface area contributed by atoms with Crippen molar-refractivity contribution in [2.24, 2.45) is 0 Å². The number of nitrogens with zero attached hydrogens (tertiary/aromatic N) is 3. The molecule has 2 aromatic heterocycles. The van der Waals surface area contributed by atoms with Gasteiger partial charge in [-0.3, -0.25) is 15.0 Å². The highest BCUT2D eigenvalue weighted by molar-refractivity contribution is 6.31. The molecule has 0 spiro atoms. The van der Waals surface area contributed by atoms with Gasteiger partial charge in [0.15, 0.2) is 0 Å². The van der Waals surface area contributed by atoms with E-state index >= 15 is 0 Å². The van der Waals surface area contributed by atoms with Gasteiger partial charge in [0.05, 0.1) is 29.5 Å². The topological polar surface area (TPSA) is 46.6 Å². The number of pyridine rings is 1. The molecule has 0 amide bonds. The molecular formula is C19H14BClN4. The summed E-state index contributed by atoms with van der Waals surface area (Å²) in [5, 5.41) is 9.40. The van der Waals surface area contributed by atoms with Gasteiger partial charge in [-0.15, -0.1) is 0 Å². The largest absolute Gasteiger partial charge is 0.306 e. The fourth-order valence-electron chi connectivity index (χ4n) is 2.98. The first-order valence-electron chi connectivity index (χ1n) is 7.85. The number of fused-ring (bicyclic) bond motifs is 1. The number of hydrogen-bond donors (Lipinski definition) is 1. The Morgan fingerprint density at radius 1 is 0.960 bits per heavy atom. The third-order valence-electron chi connectivity index (χ3n) is 4.20. The number of halogens is 1. The molecule has 4 aromatic rings. The minimum atomic E-state index is 0.354. The number of benzene rings is 2. The van der Waals surface area contributed by atoms with Gasteiger partial charge in [0.25, 0.3) is 0 Å². The average Bonchev–Trinajstić information content (AvgIpc) is 2.90. The molecule has 2 radical (unpaired) electrons. The molecule has 120 valence electrons. The first-order valence-corrected chi connectivity index (χ1v) is 8.23. The molecule has 25 heavy (non-hydrogen) atoms. The molecule has 6 heteroatoms. The molecule has 4 nitrogen and oxygen atoms in total. The fraction of sp³-hybridized carbons (Fsp3) is 0.0526. The van der Waals surface area contributed by atoms with Gasteiger partial charge in [-0.1, -0.05) is 41.9 Å². The summed E-state index contributed by atoms with van der Waals surface area (Å²) in [4.78, 5) is 4.15. The van der Waals surface area contributed by atoms with Crippen molar-refractivity contribution in [2.75, 3.05) is 0 Å². The van der Waals surface area contributed by atoms with Crippen molar-refractivity contribution in [3.05, 3.63) is 83.1 Å². The molecular weight excluding hydrogens is 331 g/mol. The van der Waals surface area contributed by atoms with Crippen molar-refractivity contribution >= 4 is 36.1 Å². The molecule has 0 aliphatic carbocycles. The number of para-hydroxylation sites is 2. The van der Waals surface area contributed by atoms with Crippen molar-refractivity contribution in [3.8, 4) is 5.69 Å². The standard InChI is InChI=1S/C19H14BClN4/c20-18-10-9-14(11-23-18)25-17-8-4-3-7-16(17)24(19(25)22)12-13-5-1-2-6-15(13)21/h1-11,22H,12H2. The minimum Gasteiger partial charge on any atom is -0.306 e. The second-order valence-corrected chi connectivity index (χ2v) is 6.17. The van der Waals surface area contributed by atoms with Crippen LogP contribution in [-0.2, 0) is 6.54 Å². The van der Waals surface area contributed by atoms with Crippen LogP contribution in [0.5, 0.6) is 0 Å². The van der Waals surface area contributed by atoms with Crippen LogP contribution < -0.4 is 11.2 Å². The molecule has 1 N–H and O–H groups in total. The second kappa shape index (κ2) is 6.26. The molecule has 2 aromatic carbocycles. The third kappa shape index (κ3) is 2.77. The lowest BCUT2D eigenvalue weighted by molar-refractivity contribution is 0.723. The van der Waals surface area contributed by atoms with Crippen molar-refractivity contribution < 1.29 is 0 Å². The van der Waals surface area contributed by atoms with E-state index in [0.717, 1.165) is 22.3 Å². The molecule has 4 rings (SSSR count). The summed E-state index contributed by atoms with van der Waals surface area (Å²) in [6, 6.07) is 19.2. The monoisotopic (exact) mass is 344 g/mol. The van der Waals surface area contributed by atoms with Crippen LogP contribution in [0.2, 0.25) is 5.02 Å². The van der Waals surface area contributed by atoms with Crippen LogP contribution >= 0.6 is 11.6 Å². The Balaban J connectivity index is 1.94. The van der Waals surface area contributed by atoms with E-state index in [9.17, 15) is 0 Å². The normalized spacial score (nSPS) is 11.1. The number of nitrogens with one attached hydrogen (secondary N) is 1. The van der Waals surface area contributed by atoms with Gasteiger partial charge < -0.3 is 4.57 Å². The lowest BCUT2D eigenvalue weighted by Crippen LogP contribution is -2.24. The highest BCUT2D eigenvalue weighted by Crippen LogP contribution is 2.20. The Labute approximate surface area is 151 Å². The molecule has 0 saturated carbocycles. The lowest BCUT2D eigenvalue weighted by atomic mass is 10.0. The number of rotatable bonds is 3. The van der Waals surface area contributed by atoms with Crippen LogP contribution in [0.1, 0.15) is 5.56 Å². The Kier molecular flexibility index (Phi) is 3.94. The highest BCUT2D eigenvalue weighted by atomic mass is 35.5. The van der Waals surface area contributed by atoms with Gasteiger partial charge in [0.1, 0.15) is 7.85 Å². The first kappa shape index (κ1) is 15.7. The molecule has 0 fully saturated rings. The van der Waals surface area contributed by atoms with E-state index in [4.69, 9.17) is 24.9 Å². The van der Waals surface area contributed by atoms with E-state index in [1.54, 1.807) is 12.3 Å². The van der Waals surface area contributed by atoms with Gasteiger partial charge in [0.2, 0.25) is 5.62 Å². The van der Waals surface area contributed by atoms with Crippen LogP contribution in [0.4, 0.5) is 0 Å². The van der Waals surface area contributed by atoms with Crippen molar-refractivity contribution in [2.45, 2.75) is 6.54 Å². The van der Waals surface area contributed by atoms with Gasteiger partial charge in [-0.05, 0) is 41.5 Å². The summed E-state index contributed by atoms with van der Waals surface area (Å²) >= 11 is 6.31. The predicted molar refractivity (Wildman–Crippen MR) is 101 cm³/mol. The molecule has 0 bridgehead atoms. The average molecular weight is 345 g/mol. The summed E-state index contributed by atoms with van der Waals surface area (Å²) < 4.78 is 3.80. The maximum Gasteiger partial charge on any atom is 0.208 e. The Morgan fingerprint density at radius 2 is 1.68 bits per heavy atom. The molecule has 0 unspecified atom stereocenters. The SMILES string of the molecule is [B]c1ccc(-n2c(=N)n(Cc3ccccc3Cl)c3ccccc32)cn1. The summed E-state index contributed by atoms with van der Waals surface area (Å²) in [5.41, 5.74) is 4.48. The summed E-state index contributed by atoms with van der Waals surface area (Å²) in [7, 11) is 5.69. The Morgan fingerprint density at radius 3 is 2.40 bits per heavy atom. The van der Waals surface area contributed by atoms with Gasteiger partial charge in [-0.25, -0.2) is 0 Å². The summed E-state index contributed by atoms with van der Waals surface area (Å²) in [5.74, 6) is 0. The molecule has 0 saturated heterocycles. The second-order valence-electron chi connectivity index (χ2n) is 5.77. The molecule has 2 heterocycles. The van der Waals surface area contributed by atoms with E-state index in [1.807, 2.05) is 63.7 Å². The van der Waals surface area contributed by atoms with E-state index in [2.05, 4.69) is 4.98 Å². The third-order valence-corrected chi connectivity index (χ3v) is 4.56. The van der Waals surface area contributed by atoms with Gasteiger partial charge in [-0.2, -0.15) is 0 Å². The van der Waals surface area contributed by atoms with E-state index in [1.165, 1.54) is 0 Å². The number of aromatic nitrogens is 3. The summed E-state index contributed by atoms with van der Waals surface area (Å²) in [6.07, 6.45) is 1.68. The van der Waals surface area contributed by atoms with Gasteiger partial charge >= 0.3 is 0 Å². The molecule has 0 aliphatic rings. The smallest absolute Gasteiger partial charge is 0.208 e. The van der Waals surface area contributed by atoms with Crippen molar-refractivity contribution in [3.63, 3.8) is 0 Å². The number of imidazole rings is 1. The zero-order valence-electron chi connectivity index (χ0n) is 13.4. The maximum absolute atomic E-state index is 8.71. The van der Waals surface area contributed by atoms with Crippen molar-refractivity contribution in [1.82, 2.24) is 14.1 Å². The van der Waals surface area contributed by atoms with Gasteiger partial charge in [0, 0.05) is 5.02 Å². The van der Waals surface area contributed by atoms with Crippen LogP contribution in [0, 0.1) is 5.41 Å². The maximum atomic E-state index is 8.71. The Bertz CT molecular complexity index is 1110. The zero-order valence-corrected chi connectivity index (χ0v) is 14.1. The van der Waals surface area contributed by atoms with E-state index in [0.29, 0.717) is 22.8 Å². The van der Waals surface area contributed by atoms with E-state index in [-0.39, 0.29) is 0 Å². The first-order chi connectivity index (χ1) is 12.1. The zero-order chi connectivity index (χ0) is 17.4. The van der Waals surface area contributed by atoms with Crippen LogP contribution in [0.15, 0.2) is 66.9 Å². The van der Waals surface area contributed by atoms with Crippen LogP contribution in [0.3, 0.4) is 0 Å². The van der Waals surface area contributed by atoms with Crippen LogP contribution in [0.25, 0.3) is 16.7 Å². The summed E-state index contributed by atoms with van der Waals surface area (Å²) in [6.45, 7) is 0.522. The predicted octanol–water partition coefficient (Wildman–Crippen LogP) is 2.80. The quantitative estimate of drug-likeness (QED) is 0.571. The minimum absolute atomic E-state index is 0.354. The number of hydrogen-bond acceptors (Lipinski definition) is 2.